The summed E-state index contributed by atoms with van der Waals surface area (Å²) in [6, 6.07) is 3.53. The van der Waals surface area contributed by atoms with E-state index in [1.54, 1.807) is 46.0 Å². The Labute approximate surface area is 181 Å². The van der Waals surface area contributed by atoms with E-state index in [1.807, 2.05) is 0 Å². The number of carboxylic acids is 1. The number of pyridine rings is 1. The third kappa shape index (κ3) is 6.19. The number of hydrogen-bond acceptors (Lipinski definition) is 7. The molecule has 2 heterocycles. The highest BCUT2D eigenvalue weighted by atomic mass is 16.6. The van der Waals surface area contributed by atoms with E-state index in [4.69, 9.17) is 14.0 Å². The Kier molecular flexibility index (Phi) is 6.82. The van der Waals surface area contributed by atoms with E-state index in [0.717, 1.165) is 12.8 Å². The predicted molar refractivity (Wildman–Crippen MR) is 112 cm³/mol. The van der Waals surface area contributed by atoms with Gasteiger partial charge in [-0.2, -0.15) is 0 Å². The molecule has 0 spiro atoms. The molecule has 0 radical (unpaired) electrons. The lowest BCUT2D eigenvalue weighted by Crippen LogP contribution is -2.32. The smallest absolute Gasteiger partial charge is 0.407 e. The Morgan fingerprint density at radius 3 is 2.71 bits per heavy atom. The van der Waals surface area contributed by atoms with Crippen molar-refractivity contribution in [2.24, 2.45) is 5.92 Å². The van der Waals surface area contributed by atoms with Crippen LogP contribution in [0.15, 0.2) is 22.9 Å². The Morgan fingerprint density at radius 2 is 2.06 bits per heavy atom. The Bertz CT molecular complexity index is 916. The summed E-state index contributed by atoms with van der Waals surface area (Å²) in [6.07, 6.45) is 3.77. The van der Waals surface area contributed by atoms with Gasteiger partial charge in [0.25, 0.3) is 0 Å². The highest BCUT2D eigenvalue weighted by molar-refractivity contribution is 5.70. The lowest BCUT2D eigenvalue weighted by molar-refractivity contribution is -0.143. The summed E-state index contributed by atoms with van der Waals surface area (Å²) in [5.41, 5.74) is 1.33. The number of carbonyl (C=O) groups excluding carboxylic acids is 1. The van der Waals surface area contributed by atoms with Gasteiger partial charge in [0, 0.05) is 5.56 Å². The molecule has 31 heavy (non-hydrogen) atoms. The average molecular weight is 431 g/mol. The number of carbonyl (C=O) groups is 2. The van der Waals surface area contributed by atoms with Crippen molar-refractivity contribution in [2.75, 3.05) is 0 Å². The number of amides is 1. The normalized spacial score (nSPS) is 19.0. The highest BCUT2D eigenvalue weighted by Crippen LogP contribution is 2.30. The molecule has 1 amide bonds. The number of aliphatic carboxylic acids is 1. The van der Waals surface area contributed by atoms with E-state index >= 15 is 0 Å². The van der Waals surface area contributed by atoms with E-state index in [0.29, 0.717) is 41.3 Å². The molecule has 0 bridgehead atoms. The van der Waals surface area contributed by atoms with Gasteiger partial charge in [-0.3, -0.25) is 4.79 Å². The van der Waals surface area contributed by atoms with Gasteiger partial charge in [0.05, 0.1) is 30.5 Å². The van der Waals surface area contributed by atoms with Crippen molar-refractivity contribution in [3.8, 4) is 17.2 Å². The number of aromatic nitrogens is 2. The van der Waals surface area contributed by atoms with E-state index in [9.17, 15) is 14.7 Å². The van der Waals surface area contributed by atoms with Crippen LogP contribution < -0.4 is 10.1 Å². The lowest BCUT2D eigenvalue weighted by Gasteiger charge is -2.27. The van der Waals surface area contributed by atoms with Crippen LogP contribution in [-0.2, 0) is 16.1 Å². The fourth-order valence-electron chi connectivity index (χ4n) is 3.53. The minimum absolute atomic E-state index is 0.136. The number of hydrogen-bond donors (Lipinski definition) is 2. The Balaban J connectivity index is 1.65. The van der Waals surface area contributed by atoms with Crippen molar-refractivity contribution >= 4 is 12.1 Å². The summed E-state index contributed by atoms with van der Waals surface area (Å²) in [4.78, 5) is 27.6. The molecule has 1 fully saturated rings. The first-order chi connectivity index (χ1) is 14.6. The van der Waals surface area contributed by atoms with Gasteiger partial charge < -0.3 is 24.4 Å². The topological polar surface area (TPSA) is 124 Å². The zero-order valence-corrected chi connectivity index (χ0v) is 18.3. The first-order valence-electron chi connectivity index (χ1n) is 10.4. The molecule has 2 atom stereocenters. The minimum Gasteiger partial charge on any atom is -0.489 e. The van der Waals surface area contributed by atoms with Gasteiger partial charge in [-0.05, 0) is 65.5 Å². The first kappa shape index (κ1) is 22.6. The highest BCUT2D eigenvalue weighted by Gasteiger charge is 2.28. The molecule has 3 rings (SSSR count). The molecule has 2 unspecified atom stereocenters. The summed E-state index contributed by atoms with van der Waals surface area (Å²) >= 11 is 0. The van der Waals surface area contributed by atoms with Crippen molar-refractivity contribution in [2.45, 2.75) is 71.6 Å². The zero-order valence-electron chi connectivity index (χ0n) is 18.3. The Hall–Kier alpha value is -3.10. The second-order valence-corrected chi connectivity index (χ2v) is 8.75. The SMILES string of the molecule is Cc1noc(-c2ccc(OC3CCCC(C(=O)O)C3)cn2)c1CNC(=O)OC(C)(C)C. The number of ether oxygens (including phenoxy) is 2. The maximum Gasteiger partial charge on any atom is 0.407 e. The van der Waals surface area contributed by atoms with Crippen LogP contribution in [0.4, 0.5) is 4.79 Å². The number of carboxylic acid groups (broad SMARTS) is 1. The fourth-order valence-corrected chi connectivity index (χ4v) is 3.53. The van der Waals surface area contributed by atoms with Crippen LogP contribution in [-0.4, -0.2) is 39.0 Å². The number of alkyl carbamates (subject to hydrolysis) is 1. The largest absolute Gasteiger partial charge is 0.489 e. The van der Waals surface area contributed by atoms with Gasteiger partial charge in [0.15, 0.2) is 5.76 Å². The maximum atomic E-state index is 12.0. The quantitative estimate of drug-likeness (QED) is 0.701. The summed E-state index contributed by atoms with van der Waals surface area (Å²) in [5.74, 6) is -0.0914. The molecule has 168 valence electrons. The molecular formula is C22H29N3O6. The van der Waals surface area contributed by atoms with Gasteiger partial charge in [0.2, 0.25) is 0 Å². The summed E-state index contributed by atoms with van der Waals surface area (Å²) < 4.78 is 16.6. The lowest BCUT2D eigenvalue weighted by atomic mass is 9.87. The standard InChI is InChI=1S/C22H29N3O6/c1-13-17(12-24-21(28)30-22(2,3)4)19(31-25-13)18-9-8-16(11-23-18)29-15-7-5-6-14(10-15)20(26)27/h8-9,11,14-15H,5-7,10,12H2,1-4H3,(H,24,28)(H,26,27). The van der Waals surface area contributed by atoms with Crippen LogP contribution in [0.5, 0.6) is 5.75 Å². The molecular weight excluding hydrogens is 402 g/mol. The second-order valence-electron chi connectivity index (χ2n) is 8.75. The number of nitrogens with one attached hydrogen (secondary N) is 1. The number of aryl methyl sites for hydroxylation is 1. The van der Waals surface area contributed by atoms with Crippen molar-refractivity contribution in [1.82, 2.24) is 15.5 Å². The van der Waals surface area contributed by atoms with Crippen LogP contribution in [0.2, 0.25) is 0 Å². The van der Waals surface area contributed by atoms with Crippen LogP contribution >= 0.6 is 0 Å². The number of nitrogens with zero attached hydrogens (tertiary/aromatic N) is 2. The summed E-state index contributed by atoms with van der Waals surface area (Å²) in [5, 5.41) is 15.9. The van der Waals surface area contributed by atoms with E-state index in [1.165, 1.54) is 0 Å². The van der Waals surface area contributed by atoms with Gasteiger partial charge in [-0.15, -0.1) is 0 Å². The Morgan fingerprint density at radius 1 is 1.29 bits per heavy atom. The van der Waals surface area contributed by atoms with Crippen LogP contribution in [0.25, 0.3) is 11.5 Å². The molecule has 1 aliphatic carbocycles. The maximum absolute atomic E-state index is 12.0. The molecule has 1 aliphatic rings. The molecule has 9 nitrogen and oxygen atoms in total. The van der Waals surface area contributed by atoms with Gasteiger partial charge in [-0.1, -0.05) is 5.16 Å². The number of rotatable bonds is 6. The van der Waals surface area contributed by atoms with Crippen LogP contribution in [0.1, 0.15) is 57.7 Å². The third-order valence-electron chi connectivity index (χ3n) is 5.04. The fraction of sp³-hybridized carbons (Fsp3) is 0.545. The molecule has 1 saturated carbocycles. The average Bonchev–Trinajstić information content (AvgIpc) is 3.06. The monoisotopic (exact) mass is 431 g/mol. The van der Waals surface area contributed by atoms with E-state index in [-0.39, 0.29) is 18.6 Å². The molecule has 0 aromatic carbocycles. The zero-order chi connectivity index (χ0) is 22.6. The van der Waals surface area contributed by atoms with E-state index in [2.05, 4.69) is 15.5 Å². The van der Waals surface area contributed by atoms with Crippen molar-refractivity contribution in [3.63, 3.8) is 0 Å². The molecule has 0 aliphatic heterocycles. The van der Waals surface area contributed by atoms with Crippen molar-refractivity contribution in [1.29, 1.82) is 0 Å². The van der Waals surface area contributed by atoms with E-state index < -0.39 is 17.7 Å². The van der Waals surface area contributed by atoms with Gasteiger partial charge in [-0.25, -0.2) is 9.78 Å². The predicted octanol–water partition coefficient (Wildman–Crippen LogP) is 4.09. The molecule has 0 saturated heterocycles. The summed E-state index contributed by atoms with van der Waals surface area (Å²) in [7, 11) is 0. The van der Waals surface area contributed by atoms with Crippen LogP contribution in [0.3, 0.4) is 0 Å². The molecule has 9 heteroatoms. The molecule has 2 aromatic heterocycles. The van der Waals surface area contributed by atoms with Crippen molar-refractivity contribution < 1.29 is 28.7 Å². The van der Waals surface area contributed by atoms with Gasteiger partial charge in [0.1, 0.15) is 17.0 Å². The summed E-state index contributed by atoms with van der Waals surface area (Å²) in [6.45, 7) is 7.37. The molecule has 2 aromatic rings. The van der Waals surface area contributed by atoms with Gasteiger partial charge >= 0.3 is 12.1 Å². The van der Waals surface area contributed by atoms with Crippen LogP contribution in [0, 0.1) is 12.8 Å². The first-order valence-corrected chi connectivity index (χ1v) is 10.4. The third-order valence-corrected chi connectivity index (χ3v) is 5.04. The minimum atomic E-state index is -0.769. The second kappa shape index (κ2) is 9.36. The van der Waals surface area contributed by atoms with Crippen molar-refractivity contribution in [3.05, 3.63) is 29.6 Å². The molecule has 2 N–H and O–H groups in total.